The highest BCUT2D eigenvalue weighted by Gasteiger charge is 2.31. The molecule has 94 valence electrons. The SMILES string of the molecule is BrCC1(COCC2CCCO2)CCCCC1. The van der Waals surface area contributed by atoms with Crippen molar-refractivity contribution in [1.82, 2.24) is 0 Å². The highest BCUT2D eigenvalue weighted by atomic mass is 79.9. The molecule has 0 N–H and O–H groups in total. The normalized spacial score (nSPS) is 29.4. The molecule has 0 spiro atoms. The van der Waals surface area contributed by atoms with Crippen LogP contribution in [-0.2, 0) is 9.47 Å². The highest BCUT2D eigenvalue weighted by molar-refractivity contribution is 9.09. The molecular weight excluding hydrogens is 268 g/mol. The lowest BCUT2D eigenvalue weighted by Gasteiger charge is -2.35. The average Bonchev–Trinajstić information content (AvgIpc) is 2.83. The van der Waals surface area contributed by atoms with Gasteiger partial charge in [0.15, 0.2) is 0 Å². The molecule has 2 fully saturated rings. The van der Waals surface area contributed by atoms with E-state index in [9.17, 15) is 0 Å². The summed E-state index contributed by atoms with van der Waals surface area (Å²) >= 11 is 3.67. The highest BCUT2D eigenvalue weighted by Crippen LogP contribution is 2.38. The van der Waals surface area contributed by atoms with Crippen LogP contribution in [0.1, 0.15) is 44.9 Å². The fraction of sp³-hybridized carbons (Fsp3) is 1.00. The van der Waals surface area contributed by atoms with Crippen LogP contribution in [0.4, 0.5) is 0 Å². The van der Waals surface area contributed by atoms with Crippen molar-refractivity contribution in [1.29, 1.82) is 0 Å². The third kappa shape index (κ3) is 3.44. The van der Waals surface area contributed by atoms with Crippen LogP contribution in [0.25, 0.3) is 0 Å². The summed E-state index contributed by atoms with van der Waals surface area (Å²) in [6.45, 7) is 2.64. The molecule has 16 heavy (non-hydrogen) atoms. The van der Waals surface area contributed by atoms with Gasteiger partial charge in [0.05, 0.1) is 19.3 Å². The summed E-state index contributed by atoms with van der Waals surface area (Å²) in [5.74, 6) is 0. The first-order chi connectivity index (χ1) is 7.85. The molecule has 2 nitrogen and oxygen atoms in total. The zero-order chi connectivity index (χ0) is 11.3. The first kappa shape index (κ1) is 12.8. The predicted octanol–water partition coefficient (Wildman–Crippen LogP) is 3.53. The number of hydrogen-bond acceptors (Lipinski definition) is 2. The van der Waals surface area contributed by atoms with Gasteiger partial charge in [-0.2, -0.15) is 0 Å². The van der Waals surface area contributed by atoms with Crippen LogP contribution < -0.4 is 0 Å². The molecule has 1 heterocycles. The number of hydrogen-bond donors (Lipinski definition) is 0. The van der Waals surface area contributed by atoms with Crippen LogP contribution in [0.2, 0.25) is 0 Å². The van der Waals surface area contributed by atoms with Gasteiger partial charge in [-0.25, -0.2) is 0 Å². The van der Waals surface area contributed by atoms with Crippen LogP contribution in [0.5, 0.6) is 0 Å². The maximum atomic E-state index is 5.90. The Morgan fingerprint density at radius 3 is 2.62 bits per heavy atom. The monoisotopic (exact) mass is 290 g/mol. The van der Waals surface area contributed by atoms with Gasteiger partial charge in [-0.05, 0) is 25.7 Å². The maximum absolute atomic E-state index is 5.90. The minimum Gasteiger partial charge on any atom is -0.378 e. The second-order valence-electron chi connectivity index (χ2n) is 5.34. The van der Waals surface area contributed by atoms with E-state index >= 15 is 0 Å². The van der Waals surface area contributed by atoms with E-state index in [1.54, 1.807) is 0 Å². The minimum absolute atomic E-state index is 0.371. The summed E-state index contributed by atoms with van der Waals surface area (Å²) in [6.07, 6.45) is 9.55. The molecule has 0 amide bonds. The van der Waals surface area contributed by atoms with Gasteiger partial charge in [0, 0.05) is 17.4 Å². The third-order valence-electron chi connectivity index (χ3n) is 3.93. The predicted molar refractivity (Wildman–Crippen MR) is 69.1 cm³/mol. The molecule has 1 aliphatic heterocycles. The van der Waals surface area contributed by atoms with Gasteiger partial charge in [-0.15, -0.1) is 0 Å². The lowest BCUT2D eigenvalue weighted by molar-refractivity contribution is -0.0212. The Morgan fingerprint density at radius 2 is 2.00 bits per heavy atom. The fourth-order valence-corrected chi connectivity index (χ4v) is 3.52. The summed E-state index contributed by atoms with van der Waals surface area (Å²) in [5, 5.41) is 1.09. The van der Waals surface area contributed by atoms with Crippen molar-refractivity contribution in [2.75, 3.05) is 25.2 Å². The number of halogens is 1. The zero-order valence-electron chi connectivity index (χ0n) is 10.0. The summed E-state index contributed by atoms with van der Waals surface area (Å²) in [7, 11) is 0. The van der Waals surface area contributed by atoms with Gasteiger partial charge in [-0.1, -0.05) is 35.2 Å². The first-order valence-electron chi connectivity index (χ1n) is 6.60. The summed E-state index contributed by atoms with van der Waals surface area (Å²) < 4.78 is 11.5. The molecule has 1 unspecified atom stereocenters. The van der Waals surface area contributed by atoms with Crippen molar-refractivity contribution < 1.29 is 9.47 Å². The molecule has 0 radical (unpaired) electrons. The molecule has 3 heteroatoms. The number of rotatable bonds is 5. The van der Waals surface area contributed by atoms with Crippen molar-refractivity contribution in [3.05, 3.63) is 0 Å². The summed E-state index contributed by atoms with van der Waals surface area (Å²) in [5.41, 5.74) is 0.414. The number of ether oxygens (including phenoxy) is 2. The number of alkyl halides is 1. The minimum atomic E-state index is 0.371. The van der Waals surface area contributed by atoms with Gasteiger partial charge in [0.25, 0.3) is 0 Å². The smallest absolute Gasteiger partial charge is 0.0809 e. The standard InChI is InChI=1S/C13H23BrO2/c14-10-13(6-2-1-3-7-13)11-15-9-12-5-4-8-16-12/h12H,1-11H2. The lowest BCUT2D eigenvalue weighted by atomic mass is 9.76. The molecule has 0 bridgehead atoms. The average molecular weight is 291 g/mol. The molecule has 2 aliphatic rings. The second-order valence-corrected chi connectivity index (χ2v) is 5.91. The molecule has 2 rings (SSSR count). The van der Waals surface area contributed by atoms with Crippen LogP contribution >= 0.6 is 15.9 Å². The first-order valence-corrected chi connectivity index (χ1v) is 7.72. The van der Waals surface area contributed by atoms with Crippen LogP contribution in [0.3, 0.4) is 0 Å². The fourth-order valence-electron chi connectivity index (χ4n) is 2.80. The van der Waals surface area contributed by atoms with Crippen molar-refractivity contribution in [3.8, 4) is 0 Å². The zero-order valence-corrected chi connectivity index (χ0v) is 11.6. The van der Waals surface area contributed by atoms with Crippen LogP contribution in [0.15, 0.2) is 0 Å². The van der Waals surface area contributed by atoms with Crippen molar-refractivity contribution in [2.45, 2.75) is 51.0 Å². The van der Waals surface area contributed by atoms with E-state index in [0.29, 0.717) is 11.5 Å². The Kier molecular flexibility index (Phi) is 5.11. The third-order valence-corrected chi connectivity index (χ3v) is 5.12. The second kappa shape index (κ2) is 6.36. The Labute approximate surface area is 107 Å². The van der Waals surface area contributed by atoms with Crippen LogP contribution in [0, 0.1) is 5.41 Å². The van der Waals surface area contributed by atoms with Crippen molar-refractivity contribution >= 4 is 15.9 Å². The Hall–Kier alpha value is 0.400. The summed E-state index contributed by atoms with van der Waals surface area (Å²) in [6, 6.07) is 0. The quantitative estimate of drug-likeness (QED) is 0.721. The van der Waals surface area contributed by atoms with E-state index in [4.69, 9.17) is 9.47 Å². The molecule has 0 aromatic carbocycles. The van der Waals surface area contributed by atoms with E-state index < -0.39 is 0 Å². The maximum Gasteiger partial charge on any atom is 0.0809 e. The molecule has 0 aromatic rings. The van der Waals surface area contributed by atoms with Gasteiger partial charge < -0.3 is 9.47 Å². The molecule has 1 atom stereocenters. The van der Waals surface area contributed by atoms with Crippen LogP contribution in [-0.4, -0.2) is 31.3 Å². The molecule has 0 aromatic heterocycles. The largest absolute Gasteiger partial charge is 0.378 e. The van der Waals surface area contributed by atoms with E-state index in [2.05, 4.69) is 15.9 Å². The molecule has 1 aliphatic carbocycles. The van der Waals surface area contributed by atoms with Crippen molar-refractivity contribution in [3.63, 3.8) is 0 Å². The van der Waals surface area contributed by atoms with Gasteiger partial charge in [0.2, 0.25) is 0 Å². The molecule has 1 saturated carbocycles. The van der Waals surface area contributed by atoms with E-state index in [1.807, 2.05) is 0 Å². The van der Waals surface area contributed by atoms with E-state index in [1.165, 1.54) is 44.9 Å². The van der Waals surface area contributed by atoms with E-state index in [-0.39, 0.29) is 0 Å². The van der Waals surface area contributed by atoms with E-state index in [0.717, 1.165) is 25.2 Å². The topological polar surface area (TPSA) is 18.5 Å². The molecule has 1 saturated heterocycles. The summed E-state index contributed by atoms with van der Waals surface area (Å²) in [4.78, 5) is 0. The van der Waals surface area contributed by atoms with Gasteiger partial charge in [-0.3, -0.25) is 0 Å². The Bertz CT molecular complexity index is 196. The Morgan fingerprint density at radius 1 is 1.19 bits per heavy atom. The Balaban J connectivity index is 1.69. The van der Waals surface area contributed by atoms with Gasteiger partial charge in [0.1, 0.15) is 0 Å². The van der Waals surface area contributed by atoms with Crippen molar-refractivity contribution in [2.24, 2.45) is 5.41 Å². The lowest BCUT2D eigenvalue weighted by Crippen LogP contribution is -2.32. The molecular formula is C13H23BrO2. The van der Waals surface area contributed by atoms with Gasteiger partial charge >= 0.3 is 0 Å².